The largest absolute Gasteiger partial charge is 0.289 e. The maximum Gasteiger partial charge on any atom is 0.193 e. The summed E-state index contributed by atoms with van der Waals surface area (Å²) in [7, 11) is 0. The highest BCUT2D eigenvalue weighted by atomic mass is 79.9. The van der Waals surface area contributed by atoms with Crippen LogP contribution in [-0.4, -0.2) is 5.78 Å². The molecule has 0 aliphatic heterocycles. The number of hydrogen-bond donors (Lipinski definition) is 0. The number of aryl methyl sites for hydroxylation is 2. The molecule has 0 aliphatic rings. The van der Waals surface area contributed by atoms with Crippen LogP contribution in [0.25, 0.3) is 0 Å². The third kappa shape index (κ3) is 2.39. The predicted octanol–water partition coefficient (Wildman–Crippen LogP) is 4.61. The van der Waals surface area contributed by atoms with E-state index < -0.39 is 0 Å². The van der Waals surface area contributed by atoms with Gasteiger partial charge in [-0.3, -0.25) is 4.79 Å². The summed E-state index contributed by atoms with van der Waals surface area (Å²) in [6, 6.07) is 11.6. The second kappa shape index (κ2) is 5.07. The quantitative estimate of drug-likeness (QED) is 0.741. The smallest absolute Gasteiger partial charge is 0.193 e. The van der Waals surface area contributed by atoms with Crippen molar-refractivity contribution in [2.24, 2.45) is 0 Å². The molecule has 92 valence electrons. The first kappa shape index (κ1) is 13.0. The van der Waals surface area contributed by atoms with Gasteiger partial charge in [0.25, 0.3) is 0 Å². The van der Waals surface area contributed by atoms with Gasteiger partial charge in [0.05, 0.1) is 0 Å². The number of ketones is 1. The molecular formula is C16H15BrO. The predicted molar refractivity (Wildman–Crippen MR) is 78.2 cm³/mol. The molecule has 0 amide bonds. The van der Waals surface area contributed by atoms with Crippen LogP contribution in [0.3, 0.4) is 0 Å². The van der Waals surface area contributed by atoms with Crippen molar-refractivity contribution in [3.8, 4) is 0 Å². The van der Waals surface area contributed by atoms with Crippen LogP contribution in [0.1, 0.15) is 32.6 Å². The van der Waals surface area contributed by atoms with Crippen LogP contribution in [-0.2, 0) is 0 Å². The summed E-state index contributed by atoms with van der Waals surface area (Å²) >= 11 is 3.47. The molecular weight excluding hydrogens is 288 g/mol. The molecule has 0 N–H and O–H groups in total. The van der Waals surface area contributed by atoms with Crippen LogP contribution in [0.15, 0.2) is 40.9 Å². The molecule has 2 rings (SSSR count). The van der Waals surface area contributed by atoms with Gasteiger partial charge in [0, 0.05) is 15.6 Å². The lowest BCUT2D eigenvalue weighted by Gasteiger charge is -2.08. The highest BCUT2D eigenvalue weighted by Gasteiger charge is 2.13. The fraction of sp³-hybridized carbons (Fsp3) is 0.188. The second-order valence-electron chi connectivity index (χ2n) is 4.54. The molecule has 0 atom stereocenters. The minimum Gasteiger partial charge on any atom is -0.289 e. The fourth-order valence-electron chi connectivity index (χ4n) is 1.89. The summed E-state index contributed by atoms with van der Waals surface area (Å²) in [6.07, 6.45) is 0. The van der Waals surface area contributed by atoms with Crippen LogP contribution in [0.4, 0.5) is 0 Å². The van der Waals surface area contributed by atoms with Crippen molar-refractivity contribution < 1.29 is 4.79 Å². The number of benzene rings is 2. The van der Waals surface area contributed by atoms with Gasteiger partial charge in [0.1, 0.15) is 0 Å². The topological polar surface area (TPSA) is 17.1 Å². The molecule has 1 nitrogen and oxygen atoms in total. The Hall–Kier alpha value is -1.41. The van der Waals surface area contributed by atoms with E-state index in [2.05, 4.69) is 15.9 Å². The van der Waals surface area contributed by atoms with E-state index in [0.717, 1.165) is 32.3 Å². The Labute approximate surface area is 116 Å². The van der Waals surface area contributed by atoms with Crippen molar-refractivity contribution in [1.82, 2.24) is 0 Å². The summed E-state index contributed by atoms with van der Waals surface area (Å²) < 4.78 is 0.971. The zero-order chi connectivity index (χ0) is 13.3. The normalized spacial score (nSPS) is 10.4. The van der Waals surface area contributed by atoms with E-state index in [9.17, 15) is 4.79 Å². The Balaban J connectivity index is 2.48. The van der Waals surface area contributed by atoms with Gasteiger partial charge >= 0.3 is 0 Å². The lowest BCUT2D eigenvalue weighted by Crippen LogP contribution is -2.04. The van der Waals surface area contributed by atoms with Crippen LogP contribution in [0.2, 0.25) is 0 Å². The first-order valence-electron chi connectivity index (χ1n) is 5.88. The van der Waals surface area contributed by atoms with Crippen molar-refractivity contribution in [3.05, 3.63) is 68.7 Å². The van der Waals surface area contributed by atoms with Crippen molar-refractivity contribution in [2.75, 3.05) is 0 Å². The summed E-state index contributed by atoms with van der Waals surface area (Å²) in [5.41, 5.74) is 4.84. The third-order valence-electron chi connectivity index (χ3n) is 3.28. The molecule has 2 aromatic carbocycles. The van der Waals surface area contributed by atoms with E-state index in [1.54, 1.807) is 0 Å². The van der Waals surface area contributed by atoms with E-state index in [0.29, 0.717) is 0 Å². The first-order valence-corrected chi connectivity index (χ1v) is 6.67. The highest BCUT2D eigenvalue weighted by molar-refractivity contribution is 9.10. The lowest BCUT2D eigenvalue weighted by molar-refractivity contribution is 0.103. The fourth-order valence-corrected chi connectivity index (χ4v) is 2.27. The molecule has 0 saturated heterocycles. The van der Waals surface area contributed by atoms with Gasteiger partial charge in [-0.15, -0.1) is 0 Å². The third-order valence-corrected chi connectivity index (χ3v) is 4.14. The lowest BCUT2D eigenvalue weighted by atomic mass is 9.96. The summed E-state index contributed by atoms with van der Waals surface area (Å²) in [5, 5.41) is 0. The van der Waals surface area contributed by atoms with Gasteiger partial charge in [-0.2, -0.15) is 0 Å². The number of carbonyl (C=O) groups is 1. The Morgan fingerprint density at radius 3 is 2.39 bits per heavy atom. The molecule has 0 heterocycles. The second-order valence-corrected chi connectivity index (χ2v) is 5.39. The van der Waals surface area contributed by atoms with E-state index in [4.69, 9.17) is 0 Å². The zero-order valence-corrected chi connectivity index (χ0v) is 12.3. The van der Waals surface area contributed by atoms with Gasteiger partial charge in [-0.25, -0.2) is 0 Å². The molecule has 0 unspecified atom stereocenters. The van der Waals surface area contributed by atoms with E-state index in [1.165, 1.54) is 0 Å². The van der Waals surface area contributed by atoms with E-state index in [1.807, 2.05) is 57.2 Å². The molecule has 0 radical (unpaired) electrons. The molecule has 0 bridgehead atoms. The summed E-state index contributed by atoms with van der Waals surface area (Å²) in [5.74, 6) is 0.0805. The Morgan fingerprint density at radius 2 is 1.72 bits per heavy atom. The van der Waals surface area contributed by atoms with Crippen molar-refractivity contribution >= 4 is 21.7 Å². The molecule has 18 heavy (non-hydrogen) atoms. The Bertz CT molecular complexity index is 614. The number of rotatable bonds is 2. The number of carbonyl (C=O) groups excluding carboxylic acids is 1. The minimum atomic E-state index is 0.0805. The van der Waals surface area contributed by atoms with Gasteiger partial charge < -0.3 is 0 Å². The summed E-state index contributed by atoms with van der Waals surface area (Å²) in [4.78, 5) is 12.5. The van der Waals surface area contributed by atoms with Crippen LogP contribution in [0, 0.1) is 20.8 Å². The van der Waals surface area contributed by atoms with Crippen molar-refractivity contribution in [3.63, 3.8) is 0 Å². The van der Waals surface area contributed by atoms with Crippen molar-refractivity contribution in [1.29, 1.82) is 0 Å². The SMILES string of the molecule is Cc1ccc(C(=O)c2cccc(C)c2C)cc1Br. The van der Waals surface area contributed by atoms with Gasteiger partial charge in [-0.05, 0) is 43.5 Å². The summed E-state index contributed by atoms with van der Waals surface area (Å²) in [6.45, 7) is 6.03. The van der Waals surface area contributed by atoms with E-state index in [-0.39, 0.29) is 5.78 Å². The van der Waals surface area contributed by atoms with Gasteiger partial charge in [0.2, 0.25) is 0 Å². The first-order chi connectivity index (χ1) is 8.50. The van der Waals surface area contributed by atoms with Gasteiger partial charge in [0.15, 0.2) is 5.78 Å². The molecule has 0 aromatic heterocycles. The molecule has 0 spiro atoms. The average molecular weight is 303 g/mol. The van der Waals surface area contributed by atoms with E-state index >= 15 is 0 Å². The van der Waals surface area contributed by atoms with Crippen LogP contribution < -0.4 is 0 Å². The maximum absolute atomic E-state index is 12.5. The zero-order valence-electron chi connectivity index (χ0n) is 10.8. The highest BCUT2D eigenvalue weighted by Crippen LogP contribution is 2.22. The van der Waals surface area contributed by atoms with Crippen LogP contribution in [0.5, 0.6) is 0 Å². The standard InChI is InChI=1S/C16H15BrO/c1-10-5-4-6-14(12(10)3)16(18)13-8-7-11(2)15(17)9-13/h4-9H,1-3H3. The Morgan fingerprint density at radius 1 is 1.00 bits per heavy atom. The molecule has 0 fully saturated rings. The molecule has 2 aromatic rings. The molecule has 0 aliphatic carbocycles. The van der Waals surface area contributed by atoms with Crippen LogP contribution >= 0.6 is 15.9 Å². The molecule has 2 heteroatoms. The van der Waals surface area contributed by atoms with Crippen molar-refractivity contribution in [2.45, 2.75) is 20.8 Å². The molecule has 0 saturated carbocycles. The monoisotopic (exact) mass is 302 g/mol. The number of hydrogen-bond acceptors (Lipinski definition) is 1. The Kier molecular flexibility index (Phi) is 3.67. The number of halogens is 1. The average Bonchev–Trinajstić information content (AvgIpc) is 2.35. The maximum atomic E-state index is 12.5. The minimum absolute atomic E-state index is 0.0805. The van der Waals surface area contributed by atoms with Gasteiger partial charge in [-0.1, -0.05) is 46.3 Å².